The molecule has 0 bridgehead atoms. The fourth-order valence-electron chi connectivity index (χ4n) is 0.709. The lowest BCUT2D eigenvalue weighted by Crippen LogP contribution is -1.95. The van der Waals surface area contributed by atoms with Crippen LogP contribution in [0.3, 0.4) is 0 Å². The fourth-order valence-corrected chi connectivity index (χ4v) is 2.96. The van der Waals surface area contributed by atoms with Crippen LogP contribution < -0.4 is 0 Å². The molecule has 0 saturated carbocycles. The molecule has 12 heavy (non-hydrogen) atoms. The van der Waals surface area contributed by atoms with E-state index in [2.05, 4.69) is 24.2 Å². The Morgan fingerprint density at radius 1 is 1.75 bits per heavy atom. The molecule has 1 nitrogen and oxygen atoms in total. The molecule has 0 amide bonds. The maximum absolute atomic E-state index is 5.70. The van der Waals surface area contributed by atoms with E-state index in [0.717, 1.165) is 10.8 Å². The van der Waals surface area contributed by atoms with E-state index in [1.165, 1.54) is 5.69 Å². The van der Waals surface area contributed by atoms with Crippen molar-refractivity contribution >= 4 is 34.7 Å². The largest absolute Gasteiger partial charge is 0.235 e. The topological polar surface area (TPSA) is 12.9 Å². The van der Waals surface area contributed by atoms with Crippen LogP contribution in [0.5, 0.6) is 0 Å². The Kier molecular flexibility index (Phi) is 4.40. The van der Waals surface area contributed by atoms with Gasteiger partial charge in [0.2, 0.25) is 0 Å². The number of hydrogen-bond acceptors (Lipinski definition) is 3. The summed E-state index contributed by atoms with van der Waals surface area (Å²) >= 11 is 9.16. The second-order valence-electron chi connectivity index (χ2n) is 2.54. The van der Waals surface area contributed by atoms with E-state index in [1.54, 1.807) is 23.1 Å². The molecule has 1 rings (SSSR count). The summed E-state index contributed by atoms with van der Waals surface area (Å²) in [7, 11) is 0. The van der Waals surface area contributed by atoms with Crippen molar-refractivity contribution in [1.82, 2.24) is 4.98 Å². The number of nitrogens with zero attached hydrogens (tertiary/aromatic N) is 1. The van der Waals surface area contributed by atoms with Crippen molar-refractivity contribution < 1.29 is 0 Å². The Morgan fingerprint density at radius 2 is 2.50 bits per heavy atom. The summed E-state index contributed by atoms with van der Waals surface area (Å²) in [5, 5.41) is 2.58. The predicted molar refractivity (Wildman–Crippen MR) is 57.5 cm³/mol. The molecule has 0 radical (unpaired) electrons. The molecule has 0 fully saturated rings. The van der Waals surface area contributed by atoms with Crippen LogP contribution in [0.2, 0.25) is 0 Å². The second kappa shape index (κ2) is 5.10. The Balaban J connectivity index is 2.52. The van der Waals surface area contributed by atoms with Crippen molar-refractivity contribution in [3.63, 3.8) is 0 Å². The van der Waals surface area contributed by atoms with E-state index in [1.807, 2.05) is 0 Å². The molecule has 0 spiro atoms. The quantitative estimate of drug-likeness (QED) is 0.571. The van der Waals surface area contributed by atoms with Gasteiger partial charge in [0.1, 0.15) is 4.34 Å². The standard InChI is InChI=1S/C8H12ClNS2/c1-3-7-5-11-8(10-7)12-6(2)4-9/h5-6H,3-4H2,1-2H3. The molecule has 0 aliphatic rings. The van der Waals surface area contributed by atoms with E-state index in [0.29, 0.717) is 11.1 Å². The lowest BCUT2D eigenvalue weighted by Gasteiger charge is -2.01. The van der Waals surface area contributed by atoms with Gasteiger partial charge in [0.25, 0.3) is 0 Å². The smallest absolute Gasteiger partial charge is 0.150 e. The normalized spacial score (nSPS) is 13.2. The number of alkyl halides is 1. The van der Waals surface area contributed by atoms with E-state index in [9.17, 15) is 0 Å². The van der Waals surface area contributed by atoms with Crippen molar-refractivity contribution in [2.75, 3.05) is 5.88 Å². The van der Waals surface area contributed by atoms with Gasteiger partial charge in [-0.2, -0.15) is 0 Å². The zero-order valence-electron chi connectivity index (χ0n) is 7.21. The molecule has 0 aliphatic carbocycles. The van der Waals surface area contributed by atoms with Gasteiger partial charge in [0.05, 0.1) is 5.69 Å². The van der Waals surface area contributed by atoms with Gasteiger partial charge in [-0.05, 0) is 6.42 Å². The van der Waals surface area contributed by atoms with Gasteiger partial charge in [-0.15, -0.1) is 22.9 Å². The van der Waals surface area contributed by atoms with Crippen LogP contribution in [-0.2, 0) is 6.42 Å². The number of aromatic nitrogens is 1. The summed E-state index contributed by atoms with van der Waals surface area (Å²) in [4.78, 5) is 4.44. The molecule has 0 aliphatic heterocycles. The predicted octanol–water partition coefficient (Wildman–Crippen LogP) is 3.42. The number of hydrogen-bond donors (Lipinski definition) is 0. The van der Waals surface area contributed by atoms with Crippen LogP contribution in [-0.4, -0.2) is 16.1 Å². The molecular weight excluding hydrogens is 210 g/mol. The first kappa shape index (κ1) is 10.4. The van der Waals surface area contributed by atoms with Crippen LogP contribution >= 0.6 is 34.7 Å². The molecule has 1 heterocycles. The van der Waals surface area contributed by atoms with Crippen LogP contribution in [0.15, 0.2) is 9.72 Å². The van der Waals surface area contributed by atoms with Gasteiger partial charge in [-0.3, -0.25) is 0 Å². The molecule has 68 valence electrons. The highest BCUT2D eigenvalue weighted by Crippen LogP contribution is 2.27. The summed E-state index contributed by atoms with van der Waals surface area (Å²) in [6, 6.07) is 0. The van der Waals surface area contributed by atoms with Crippen molar-refractivity contribution in [2.24, 2.45) is 0 Å². The Hall–Kier alpha value is 0.270. The average molecular weight is 222 g/mol. The SMILES string of the molecule is CCc1csc(SC(C)CCl)n1. The van der Waals surface area contributed by atoms with Crippen molar-refractivity contribution in [3.05, 3.63) is 11.1 Å². The fraction of sp³-hybridized carbons (Fsp3) is 0.625. The van der Waals surface area contributed by atoms with Gasteiger partial charge >= 0.3 is 0 Å². The zero-order valence-corrected chi connectivity index (χ0v) is 9.60. The number of aryl methyl sites for hydroxylation is 1. The van der Waals surface area contributed by atoms with Gasteiger partial charge < -0.3 is 0 Å². The number of rotatable bonds is 4. The molecule has 1 atom stereocenters. The molecule has 1 aromatic heterocycles. The summed E-state index contributed by atoms with van der Waals surface area (Å²) in [5.74, 6) is 0.686. The van der Waals surface area contributed by atoms with Gasteiger partial charge in [-0.1, -0.05) is 25.6 Å². The van der Waals surface area contributed by atoms with Gasteiger partial charge in [0.15, 0.2) is 0 Å². The van der Waals surface area contributed by atoms with Crippen molar-refractivity contribution in [1.29, 1.82) is 0 Å². The highest BCUT2D eigenvalue weighted by molar-refractivity contribution is 8.01. The summed E-state index contributed by atoms with van der Waals surface area (Å²) in [6.07, 6.45) is 1.02. The third-order valence-corrected chi connectivity index (χ3v) is 4.18. The molecule has 1 aromatic rings. The van der Waals surface area contributed by atoms with Crippen LogP contribution in [0, 0.1) is 0 Å². The van der Waals surface area contributed by atoms with Gasteiger partial charge in [0, 0.05) is 16.5 Å². The van der Waals surface area contributed by atoms with E-state index < -0.39 is 0 Å². The molecule has 1 unspecified atom stereocenters. The highest BCUT2D eigenvalue weighted by atomic mass is 35.5. The zero-order chi connectivity index (χ0) is 8.97. The summed E-state index contributed by atoms with van der Waals surface area (Å²) < 4.78 is 1.14. The summed E-state index contributed by atoms with van der Waals surface area (Å²) in [5.41, 5.74) is 1.18. The second-order valence-corrected chi connectivity index (χ2v) is 5.39. The van der Waals surface area contributed by atoms with E-state index in [-0.39, 0.29) is 0 Å². The molecule has 0 N–H and O–H groups in total. The molecule has 0 saturated heterocycles. The Bertz CT molecular complexity index is 237. The lowest BCUT2D eigenvalue weighted by molar-refractivity contribution is 1.02. The first-order valence-electron chi connectivity index (χ1n) is 3.93. The maximum Gasteiger partial charge on any atom is 0.150 e. The number of halogens is 1. The van der Waals surface area contributed by atoms with E-state index >= 15 is 0 Å². The van der Waals surface area contributed by atoms with Crippen molar-refractivity contribution in [2.45, 2.75) is 29.9 Å². The van der Waals surface area contributed by atoms with Crippen LogP contribution in [0.4, 0.5) is 0 Å². The minimum atomic E-state index is 0.461. The summed E-state index contributed by atoms with van der Waals surface area (Å²) in [6.45, 7) is 4.24. The molecule has 4 heteroatoms. The lowest BCUT2D eigenvalue weighted by atomic mass is 10.4. The molecular formula is C8H12ClNS2. The number of thiazole rings is 1. The van der Waals surface area contributed by atoms with Crippen LogP contribution in [0.25, 0.3) is 0 Å². The first-order chi connectivity index (χ1) is 5.76. The van der Waals surface area contributed by atoms with Crippen LogP contribution in [0.1, 0.15) is 19.5 Å². The van der Waals surface area contributed by atoms with Gasteiger partial charge in [-0.25, -0.2) is 4.98 Å². The highest BCUT2D eigenvalue weighted by Gasteiger charge is 2.06. The maximum atomic E-state index is 5.70. The Labute approximate surface area is 86.5 Å². The average Bonchev–Trinajstić information content (AvgIpc) is 2.52. The minimum absolute atomic E-state index is 0.461. The third-order valence-electron chi connectivity index (χ3n) is 1.41. The van der Waals surface area contributed by atoms with Crippen molar-refractivity contribution in [3.8, 4) is 0 Å². The van der Waals surface area contributed by atoms with E-state index in [4.69, 9.17) is 11.6 Å². The number of thioether (sulfide) groups is 1. The monoisotopic (exact) mass is 221 g/mol. The third kappa shape index (κ3) is 2.96. The molecule has 0 aromatic carbocycles. The Morgan fingerprint density at radius 3 is 3.00 bits per heavy atom. The first-order valence-corrected chi connectivity index (χ1v) is 6.22. The minimum Gasteiger partial charge on any atom is -0.235 e.